The topological polar surface area (TPSA) is 35.0 Å². The lowest BCUT2D eigenvalue weighted by molar-refractivity contribution is 0.281. The molecule has 0 bridgehead atoms. The van der Waals surface area contributed by atoms with Crippen LogP contribution in [0.3, 0.4) is 0 Å². The molecule has 0 amide bonds. The fourth-order valence-electron chi connectivity index (χ4n) is 3.16. The zero-order chi connectivity index (χ0) is 17.2. The Balaban J connectivity index is 1.21. The number of hydrogen-bond donors (Lipinski definition) is 0. The van der Waals surface area contributed by atoms with Crippen molar-refractivity contribution in [1.82, 2.24) is 9.97 Å². The van der Waals surface area contributed by atoms with E-state index in [-0.39, 0.29) is 0 Å². The van der Waals surface area contributed by atoms with Gasteiger partial charge in [-0.1, -0.05) is 88.1 Å². The van der Waals surface area contributed by atoms with E-state index in [4.69, 9.17) is 4.74 Å². The number of benzene rings is 1. The van der Waals surface area contributed by atoms with Crippen LogP contribution in [0, 0.1) is 5.92 Å². The molecule has 3 rings (SSSR count). The summed E-state index contributed by atoms with van der Waals surface area (Å²) < 4.78 is 5.65. The first-order chi connectivity index (χ1) is 12.4. The molecule has 3 nitrogen and oxygen atoms in total. The van der Waals surface area contributed by atoms with E-state index in [0.717, 1.165) is 23.5 Å². The van der Waals surface area contributed by atoms with Crippen LogP contribution in [0.1, 0.15) is 64.2 Å². The Hall–Kier alpha value is -1.90. The van der Waals surface area contributed by atoms with Crippen LogP contribution in [0.15, 0.2) is 42.7 Å². The summed E-state index contributed by atoms with van der Waals surface area (Å²) in [5.41, 5.74) is 2.15. The minimum atomic E-state index is 0.486. The van der Waals surface area contributed by atoms with E-state index in [1.54, 1.807) is 0 Å². The molecule has 1 aliphatic rings. The quantitative estimate of drug-likeness (QED) is 0.442. The van der Waals surface area contributed by atoms with Gasteiger partial charge in [0.2, 0.25) is 0 Å². The molecule has 1 aromatic carbocycles. The van der Waals surface area contributed by atoms with Gasteiger partial charge in [-0.2, -0.15) is 0 Å². The van der Waals surface area contributed by atoms with Crippen molar-refractivity contribution in [2.45, 2.75) is 64.2 Å². The molecule has 0 spiro atoms. The van der Waals surface area contributed by atoms with Crippen molar-refractivity contribution < 1.29 is 4.74 Å². The molecule has 0 unspecified atom stereocenters. The van der Waals surface area contributed by atoms with Gasteiger partial charge in [-0.15, -0.1) is 0 Å². The molecule has 1 aromatic heterocycles. The van der Waals surface area contributed by atoms with Gasteiger partial charge in [-0.25, -0.2) is 9.97 Å². The number of hydrogen-bond acceptors (Lipinski definition) is 3. The average Bonchev–Trinajstić information content (AvgIpc) is 3.49. The maximum Gasteiger partial charge on any atom is 0.316 e. The summed E-state index contributed by atoms with van der Waals surface area (Å²) in [4.78, 5) is 8.62. The molecule has 1 fully saturated rings. The predicted octanol–water partition coefficient (Wildman–Crippen LogP) is 6.05. The molecule has 134 valence electrons. The zero-order valence-electron chi connectivity index (χ0n) is 15.2. The highest BCUT2D eigenvalue weighted by molar-refractivity contribution is 5.61. The molecule has 1 saturated carbocycles. The third kappa shape index (κ3) is 6.85. The van der Waals surface area contributed by atoms with Crippen LogP contribution in [0.25, 0.3) is 11.1 Å². The van der Waals surface area contributed by atoms with Crippen LogP contribution in [0.5, 0.6) is 6.01 Å². The second kappa shape index (κ2) is 10.2. The van der Waals surface area contributed by atoms with Crippen LogP contribution in [-0.4, -0.2) is 16.6 Å². The van der Waals surface area contributed by atoms with Crippen LogP contribution in [0.4, 0.5) is 0 Å². The first kappa shape index (κ1) is 17.9. The van der Waals surface area contributed by atoms with E-state index < -0.39 is 0 Å². The van der Waals surface area contributed by atoms with E-state index in [2.05, 4.69) is 22.1 Å². The van der Waals surface area contributed by atoms with E-state index in [0.29, 0.717) is 12.6 Å². The third-order valence-corrected chi connectivity index (χ3v) is 4.92. The van der Waals surface area contributed by atoms with Crippen LogP contribution >= 0.6 is 0 Å². The number of rotatable bonds is 12. The van der Waals surface area contributed by atoms with Gasteiger partial charge in [0.05, 0.1) is 6.61 Å². The second-order valence-electron chi connectivity index (χ2n) is 7.18. The summed E-state index contributed by atoms with van der Waals surface area (Å²) >= 11 is 0. The van der Waals surface area contributed by atoms with Gasteiger partial charge < -0.3 is 4.74 Å². The standard InChI is InChI=1S/C22H30N2O/c1(2-4-7-11-19-14-15-19)3-5-10-16-25-22-23-17-21(18-24-22)20-12-8-6-9-13-20/h6,8-9,12-13,17-19H,1-5,7,10-11,14-16H2. The molecule has 1 aliphatic carbocycles. The van der Waals surface area contributed by atoms with Crippen molar-refractivity contribution in [3.63, 3.8) is 0 Å². The maximum absolute atomic E-state index is 5.65. The fraction of sp³-hybridized carbons (Fsp3) is 0.545. The minimum absolute atomic E-state index is 0.486. The molecule has 25 heavy (non-hydrogen) atoms. The highest BCUT2D eigenvalue weighted by atomic mass is 16.5. The largest absolute Gasteiger partial charge is 0.463 e. The van der Waals surface area contributed by atoms with Gasteiger partial charge in [0, 0.05) is 18.0 Å². The zero-order valence-corrected chi connectivity index (χ0v) is 15.2. The molecular weight excluding hydrogens is 308 g/mol. The Kier molecular flexibility index (Phi) is 7.29. The summed E-state index contributed by atoms with van der Waals surface area (Å²) in [6, 6.07) is 10.7. The van der Waals surface area contributed by atoms with Gasteiger partial charge in [-0.3, -0.25) is 0 Å². The molecule has 3 heteroatoms. The Labute approximate surface area is 151 Å². The molecular formula is C22H30N2O. The van der Waals surface area contributed by atoms with Gasteiger partial charge >= 0.3 is 6.01 Å². The molecule has 0 atom stereocenters. The minimum Gasteiger partial charge on any atom is -0.463 e. The summed E-state index contributed by atoms with van der Waals surface area (Å²) in [6.45, 7) is 0.715. The first-order valence-corrected chi connectivity index (χ1v) is 9.92. The smallest absolute Gasteiger partial charge is 0.316 e. The lowest BCUT2D eigenvalue weighted by Crippen LogP contribution is -2.01. The molecule has 0 N–H and O–H groups in total. The normalized spacial score (nSPS) is 13.8. The Morgan fingerprint density at radius 2 is 1.40 bits per heavy atom. The molecule has 2 aromatic rings. The Morgan fingerprint density at radius 3 is 2.08 bits per heavy atom. The predicted molar refractivity (Wildman–Crippen MR) is 103 cm³/mol. The lowest BCUT2D eigenvalue weighted by atomic mass is 10.1. The van der Waals surface area contributed by atoms with Crippen LogP contribution in [0.2, 0.25) is 0 Å². The van der Waals surface area contributed by atoms with Gasteiger partial charge in [-0.05, 0) is 17.9 Å². The number of unbranched alkanes of at least 4 members (excludes halogenated alkanes) is 6. The van der Waals surface area contributed by atoms with E-state index in [1.165, 1.54) is 57.8 Å². The average molecular weight is 338 g/mol. The van der Waals surface area contributed by atoms with E-state index in [9.17, 15) is 0 Å². The number of ether oxygens (including phenoxy) is 1. The molecule has 0 saturated heterocycles. The van der Waals surface area contributed by atoms with Crippen molar-refractivity contribution in [2.75, 3.05) is 6.61 Å². The third-order valence-electron chi connectivity index (χ3n) is 4.92. The molecule has 0 radical (unpaired) electrons. The van der Waals surface area contributed by atoms with Crippen molar-refractivity contribution in [3.05, 3.63) is 42.7 Å². The summed E-state index contributed by atoms with van der Waals surface area (Å²) in [6.07, 6.45) is 17.4. The molecule has 0 aliphatic heterocycles. The van der Waals surface area contributed by atoms with Crippen LogP contribution in [-0.2, 0) is 0 Å². The highest BCUT2D eigenvalue weighted by Gasteiger charge is 2.19. The summed E-state index contributed by atoms with van der Waals surface area (Å²) in [7, 11) is 0. The number of nitrogens with zero attached hydrogens (tertiary/aromatic N) is 2. The summed E-state index contributed by atoms with van der Waals surface area (Å²) in [5.74, 6) is 1.10. The van der Waals surface area contributed by atoms with E-state index >= 15 is 0 Å². The fourth-order valence-corrected chi connectivity index (χ4v) is 3.16. The van der Waals surface area contributed by atoms with Crippen molar-refractivity contribution in [1.29, 1.82) is 0 Å². The van der Waals surface area contributed by atoms with Crippen molar-refractivity contribution >= 4 is 0 Å². The number of aromatic nitrogens is 2. The summed E-state index contributed by atoms with van der Waals surface area (Å²) in [5, 5.41) is 0. The lowest BCUT2D eigenvalue weighted by Gasteiger charge is -2.05. The first-order valence-electron chi connectivity index (χ1n) is 9.92. The Morgan fingerprint density at radius 1 is 0.760 bits per heavy atom. The van der Waals surface area contributed by atoms with E-state index in [1.807, 2.05) is 30.6 Å². The van der Waals surface area contributed by atoms with Crippen molar-refractivity contribution in [3.8, 4) is 17.1 Å². The van der Waals surface area contributed by atoms with Crippen molar-refractivity contribution in [2.24, 2.45) is 5.92 Å². The maximum atomic E-state index is 5.65. The monoisotopic (exact) mass is 338 g/mol. The SMILES string of the molecule is c1ccc(-c2cnc(OCCCCCCCCCC3CC3)nc2)cc1. The van der Waals surface area contributed by atoms with Gasteiger partial charge in [0.25, 0.3) is 0 Å². The molecule has 1 heterocycles. The van der Waals surface area contributed by atoms with Crippen LogP contribution < -0.4 is 4.74 Å². The second-order valence-corrected chi connectivity index (χ2v) is 7.18. The highest BCUT2D eigenvalue weighted by Crippen LogP contribution is 2.34. The Bertz CT molecular complexity index is 593. The van der Waals surface area contributed by atoms with Gasteiger partial charge in [0.15, 0.2) is 0 Å². The van der Waals surface area contributed by atoms with Gasteiger partial charge in [0.1, 0.15) is 0 Å².